The molecule has 7 nitrogen and oxygen atoms in total. The molecule has 0 bridgehead atoms. The zero-order valence-corrected chi connectivity index (χ0v) is 19.6. The minimum Gasteiger partial charge on any atom is -0.462 e. The maximum atomic E-state index is 12.7. The van der Waals surface area contributed by atoms with Gasteiger partial charge in [0.25, 0.3) is 5.91 Å². The third-order valence-corrected chi connectivity index (χ3v) is 5.45. The monoisotopic (exact) mass is 504 g/mol. The van der Waals surface area contributed by atoms with Crippen molar-refractivity contribution in [1.82, 2.24) is 9.97 Å². The number of carbonyl (C=O) groups is 2. The highest BCUT2D eigenvalue weighted by atomic mass is 79.9. The fourth-order valence-corrected chi connectivity index (χ4v) is 3.78. The van der Waals surface area contributed by atoms with E-state index in [0.717, 1.165) is 26.6 Å². The lowest BCUT2D eigenvalue weighted by molar-refractivity contribution is 0.0526. The van der Waals surface area contributed by atoms with Crippen LogP contribution in [0.2, 0.25) is 0 Å². The van der Waals surface area contributed by atoms with Gasteiger partial charge in [0.2, 0.25) is 5.95 Å². The third-order valence-electron chi connectivity index (χ3n) is 4.81. The number of esters is 1. The number of anilines is 3. The van der Waals surface area contributed by atoms with E-state index in [4.69, 9.17) is 4.74 Å². The molecule has 2 N–H and O–H groups in total. The predicted molar refractivity (Wildman–Crippen MR) is 132 cm³/mol. The minimum atomic E-state index is -0.415. The van der Waals surface area contributed by atoms with Crippen LogP contribution in [0.15, 0.2) is 71.3 Å². The number of fused-ring (bicyclic) bond motifs is 1. The number of aromatic nitrogens is 2. The summed E-state index contributed by atoms with van der Waals surface area (Å²) in [6, 6.07) is 17.8. The normalized spacial score (nSPS) is 10.6. The summed E-state index contributed by atoms with van der Waals surface area (Å²) in [5.41, 5.74) is 3.96. The average Bonchev–Trinajstić information content (AvgIpc) is 2.79. The fraction of sp³-hybridized carbons (Fsp3) is 0.120. The van der Waals surface area contributed by atoms with Crippen molar-refractivity contribution in [1.29, 1.82) is 0 Å². The Kier molecular flexibility index (Phi) is 6.65. The SMILES string of the molecule is CCOC(=O)c1ccc(C(=O)Nc2cc(C)cc(Nc3ncc4cccc(Br)c4n3)c2)cc1. The molecule has 1 heterocycles. The lowest BCUT2D eigenvalue weighted by atomic mass is 10.1. The summed E-state index contributed by atoms with van der Waals surface area (Å²) in [5, 5.41) is 7.03. The maximum absolute atomic E-state index is 12.7. The van der Waals surface area contributed by atoms with Gasteiger partial charge in [-0.2, -0.15) is 0 Å². The van der Waals surface area contributed by atoms with Gasteiger partial charge in [-0.25, -0.2) is 14.8 Å². The fourth-order valence-electron chi connectivity index (χ4n) is 3.31. The van der Waals surface area contributed by atoms with Gasteiger partial charge in [-0.1, -0.05) is 12.1 Å². The number of amides is 1. The Bertz CT molecular complexity index is 1340. The van der Waals surface area contributed by atoms with Crippen LogP contribution < -0.4 is 10.6 Å². The number of para-hydroxylation sites is 1. The summed E-state index contributed by atoms with van der Waals surface area (Å²) in [6.45, 7) is 3.98. The number of ether oxygens (including phenoxy) is 1. The number of nitrogens with zero attached hydrogens (tertiary/aromatic N) is 2. The predicted octanol–water partition coefficient (Wildman–Crippen LogP) is 5.87. The van der Waals surface area contributed by atoms with E-state index in [1.54, 1.807) is 37.4 Å². The van der Waals surface area contributed by atoms with Crippen LogP contribution in [0.1, 0.15) is 33.2 Å². The van der Waals surface area contributed by atoms with Crippen LogP contribution in [0.3, 0.4) is 0 Å². The summed E-state index contributed by atoms with van der Waals surface area (Å²) in [5.74, 6) is -0.249. The number of benzene rings is 3. The molecule has 8 heteroatoms. The van der Waals surface area contributed by atoms with Crippen molar-refractivity contribution in [3.05, 3.63) is 88.0 Å². The lowest BCUT2D eigenvalue weighted by Crippen LogP contribution is -2.13. The Balaban J connectivity index is 1.51. The summed E-state index contributed by atoms with van der Waals surface area (Å²) < 4.78 is 5.86. The van der Waals surface area contributed by atoms with Crippen LogP contribution >= 0.6 is 15.9 Å². The molecule has 166 valence electrons. The molecule has 0 atom stereocenters. The Morgan fingerprint density at radius 2 is 1.73 bits per heavy atom. The number of rotatable bonds is 6. The molecule has 0 unspecified atom stereocenters. The van der Waals surface area contributed by atoms with Crippen LogP contribution in [-0.2, 0) is 4.74 Å². The van der Waals surface area contributed by atoms with Gasteiger partial charge in [0.05, 0.1) is 17.7 Å². The molecular formula is C25H21BrN4O3. The van der Waals surface area contributed by atoms with Crippen LogP contribution in [0.25, 0.3) is 10.9 Å². The summed E-state index contributed by atoms with van der Waals surface area (Å²) >= 11 is 3.52. The topological polar surface area (TPSA) is 93.2 Å². The molecule has 0 aliphatic rings. The largest absolute Gasteiger partial charge is 0.462 e. The van der Waals surface area contributed by atoms with Gasteiger partial charge in [0, 0.05) is 33.0 Å². The van der Waals surface area contributed by atoms with Crippen molar-refractivity contribution in [2.24, 2.45) is 0 Å². The van der Waals surface area contributed by atoms with Gasteiger partial charge in [0.15, 0.2) is 0 Å². The second-order valence-corrected chi connectivity index (χ2v) is 8.19. The van der Waals surface area contributed by atoms with E-state index >= 15 is 0 Å². The van der Waals surface area contributed by atoms with Gasteiger partial charge in [-0.05, 0) is 83.9 Å². The van der Waals surface area contributed by atoms with Crippen molar-refractivity contribution in [2.75, 3.05) is 17.2 Å². The zero-order chi connectivity index (χ0) is 23.4. The molecular weight excluding hydrogens is 484 g/mol. The molecule has 4 rings (SSSR count). The molecule has 33 heavy (non-hydrogen) atoms. The molecule has 1 aromatic heterocycles. The highest BCUT2D eigenvalue weighted by Crippen LogP contribution is 2.25. The van der Waals surface area contributed by atoms with Crippen LogP contribution in [-0.4, -0.2) is 28.5 Å². The molecule has 0 fully saturated rings. The second-order valence-electron chi connectivity index (χ2n) is 7.34. The second kappa shape index (κ2) is 9.79. The van der Waals surface area contributed by atoms with Crippen molar-refractivity contribution >= 4 is 56.0 Å². The van der Waals surface area contributed by atoms with Gasteiger partial charge in [0.1, 0.15) is 0 Å². The molecule has 0 aliphatic heterocycles. The first-order valence-electron chi connectivity index (χ1n) is 10.3. The minimum absolute atomic E-state index is 0.284. The number of nitrogens with one attached hydrogen (secondary N) is 2. The summed E-state index contributed by atoms with van der Waals surface area (Å²) in [7, 11) is 0. The zero-order valence-electron chi connectivity index (χ0n) is 18.1. The van der Waals surface area contributed by atoms with E-state index in [2.05, 4.69) is 36.5 Å². The van der Waals surface area contributed by atoms with Crippen LogP contribution in [0.4, 0.5) is 17.3 Å². The molecule has 0 spiro atoms. The standard InChI is InChI=1S/C25H21BrN4O3/c1-3-33-24(32)17-9-7-16(8-10-17)23(31)28-19-11-15(2)12-20(13-19)29-25-27-14-18-5-4-6-21(26)22(18)30-25/h4-14H,3H2,1-2H3,(H,28,31)(H,27,29,30). The molecule has 0 aliphatic carbocycles. The van der Waals surface area contributed by atoms with Crippen molar-refractivity contribution in [3.8, 4) is 0 Å². The van der Waals surface area contributed by atoms with Gasteiger partial charge >= 0.3 is 5.97 Å². The maximum Gasteiger partial charge on any atom is 0.338 e. The number of hydrogen-bond donors (Lipinski definition) is 2. The lowest BCUT2D eigenvalue weighted by Gasteiger charge is -2.11. The Hall–Kier alpha value is -3.78. The van der Waals surface area contributed by atoms with Crippen molar-refractivity contribution < 1.29 is 14.3 Å². The van der Waals surface area contributed by atoms with Crippen molar-refractivity contribution in [3.63, 3.8) is 0 Å². The van der Waals surface area contributed by atoms with E-state index < -0.39 is 5.97 Å². The molecule has 0 saturated heterocycles. The van der Waals surface area contributed by atoms with Gasteiger partial charge in [-0.3, -0.25) is 4.79 Å². The highest BCUT2D eigenvalue weighted by molar-refractivity contribution is 9.10. The Morgan fingerprint density at radius 3 is 2.48 bits per heavy atom. The van der Waals surface area contributed by atoms with E-state index in [0.29, 0.717) is 29.4 Å². The summed E-state index contributed by atoms with van der Waals surface area (Å²) in [4.78, 5) is 33.5. The van der Waals surface area contributed by atoms with Crippen LogP contribution in [0, 0.1) is 6.92 Å². The number of carbonyl (C=O) groups excluding carboxylic acids is 2. The molecule has 4 aromatic rings. The quantitative estimate of drug-likeness (QED) is 0.318. The number of hydrogen-bond acceptors (Lipinski definition) is 6. The molecule has 1 amide bonds. The van der Waals surface area contributed by atoms with Gasteiger partial charge in [-0.15, -0.1) is 0 Å². The van der Waals surface area contributed by atoms with E-state index in [1.807, 2.05) is 43.3 Å². The number of halogens is 1. The smallest absolute Gasteiger partial charge is 0.338 e. The number of aryl methyl sites for hydroxylation is 1. The van der Waals surface area contributed by atoms with Crippen LogP contribution in [0.5, 0.6) is 0 Å². The third kappa shape index (κ3) is 5.35. The van der Waals surface area contributed by atoms with Crippen molar-refractivity contribution in [2.45, 2.75) is 13.8 Å². The van der Waals surface area contributed by atoms with E-state index in [1.165, 1.54) is 0 Å². The summed E-state index contributed by atoms with van der Waals surface area (Å²) in [6.07, 6.45) is 1.76. The molecule has 3 aromatic carbocycles. The van der Waals surface area contributed by atoms with E-state index in [-0.39, 0.29) is 5.91 Å². The van der Waals surface area contributed by atoms with Gasteiger partial charge < -0.3 is 15.4 Å². The molecule has 0 saturated carbocycles. The molecule has 0 radical (unpaired) electrons. The van der Waals surface area contributed by atoms with E-state index in [9.17, 15) is 9.59 Å². The Morgan fingerprint density at radius 1 is 1.00 bits per heavy atom. The Labute approximate surface area is 199 Å². The average molecular weight is 505 g/mol. The highest BCUT2D eigenvalue weighted by Gasteiger charge is 2.11. The first kappa shape index (κ1) is 22.4. The first-order valence-corrected chi connectivity index (χ1v) is 11.1. The first-order chi connectivity index (χ1) is 15.9.